The summed E-state index contributed by atoms with van der Waals surface area (Å²) in [4.78, 5) is 37.2. The van der Waals surface area contributed by atoms with Gasteiger partial charge in [-0.05, 0) is 24.6 Å². The van der Waals surface area contributed by atoms with Crippen LogP contribution < -0.4 is 0 Å². The summed E-state index contributed by atoms with van der Waals surface area (Å²) in [7, 11) is 0. The average Bonchev–Trinajstić information content (AvgIpc) is 2.72. The molecule has 1 atom stereocenters. The van der Waals surface area contributed by atoms with Crippen LogP contribution in [0.4, 0.5) is 0 Å². The third kappa shape index (κ3) is 1.73. The maximum absolute atomic E-state index is 12.3. The number of nitrogens with zero attached hydrogens (tertiary/aromatic N) is 1. The van der Waals surface area contributed by atoms with Crippen molar-refractivity contribution in [3.8, 4) is 0 Å². The molecule has 19 heavy (non-hydrogen) atoms. The summed E-state index contributed by atoms with van der Waals surface area (Å²) in [6.45, 7) is 0. The Hall–Kier alpha value is -2.49. The molecule has 0 spiro atoms. The fraction of sp³-hybridized carbons (Fsp3) is 0.133. The van der Waals surface area contributed by atoms with Gasteiger partial charge in [0, 0.05) is 11.3 Å². The van der Waals surface area contributed by atoms with E-state index in [2.05, 4.69) is 0 Å². The molecule has 1 aromatic rings. The van der Waals surface area contributed by atoms with Gasteiger partial charge >= 0.3 is 5.91 Å². The lowest BCUT2D eigenvalue weighted by Crippen LogP contribution is -2.32. The number of fused-ring (bicyclic) bond motifs is 1. The highest BCUT2D eigenvalue weighted by Gasteiger charge is 2.46. The van der Waals surface area contributed by atoms with Crippen LogP contribution in [0.3, 0.4) is 0 Å². The maximum atomic E-state index is 12.3. The SMILES string of the molecule is O=C1C(=O)N(C(=O)c2ccccc2)C2=CC=CCC12. The zero-order chi connectivity index (χ0) is 13.4. The fourth-order valence-corrected chi connectivity index (χ4v) is 2.39. The molecule has 1 aliphatic heterocycles. The number of amides is 2. The van der Waals surface area contributed by atoms with E-state index in [9.17, 15) is 14.4 Å². The molecular formula is C15H11NO3. The molecule has 1 heterocycles. The van der Waals surface area contributed by atoms with Crippen LogP contribution >= 0.6 is 0 Å². The molecule has 94 valence electrons. The quantitative estimate of drug-likeness (QED) is 0.565. The predicted molar refractivity (Wildman–Crippen MR) is 68.0 cm³/mol. The molecule has 1 aromatic carbocycles. The summed E-state index contributed by atoms with van der Waals surface area (Å²) < 4.78 is 0. The molecule has 4 nitrogen and oxygen atoms in total. The first-order valence-electron chi connectivity index (χ1n) is 6.04. The minimum Gasteiger partial charge on any atom is -0.288 e. The number of carbonyl (C=O) groups is 3. The van der Waals surface area contributed by atoms with Crippen molar-refractivity contribution in [2.45, 2.75) is 6.42 Å². The highest BCUT2D eigenvalue weighted by Crippen LogP contribution is 2.33. The molecule has 1 aliphatic carbocycles. The Kier molecular flexibility index (Phi) is 2.63. The van der Waals surface area contributed by atoms with E-state index in [1.807, 2.05) is 6.08 Å². The van der Waals surface area contributed by atoms with Crippen LogP contribution in [0.15, 0.2) is 54.3 Å². The van der Waals surface area contributed by atoms with Crippen LogP contribution in [0.5, 0.6) is 0 Å². The first kappa shape index (κ1) is 11.6. The van der Waals surface area contributed by atoms with Crippen LogP contribution in [0, 0.1) is 5.92 Å². The molecule has 0 aromatic heterocycles. The summed E-state index contributed by atoms with van der Waals surface area (Å²) in [5.74, 6) is -2.16. The number of likely N-dealkylation sites (tertiary alicyclic amines) is 1. The van der Waals surface area contributed by atoms with Crippen molar-refractivity contribution in [2.24, 2.45) is 5.92 Å². The number of hydrogen-bond acceptors (Lipinski definition) is 3. The van der Waals surface area contributed by atoms with Gasteiger partial charge in [0.05, 0.1) is 5.92 Å². The maximum Gasteiger partial charge on any atom is 0.301 e. The van der Waals surface area contributed by atoms with Gasteiger partial charge in [-0.25, -0.2) is 4.90 Å². The summed E-state index contributed by atoms with van der Waals surface area (Å²) in [5.41, 5.74) is 0.895. The molecule has 2 amide bonds. The number of Topliss-reactive ketones (excluding diaryl/α,β-unsaturated/α-hetero) is 1. The van der Waals surface area contributed by atoms with Crippen molar-refractivity contribution in [3.63, 3.8) is 0 Å². The lowest BCUT2D eigenvalue weighted by atomic mass is 9.96. The van der Waals surface area contributed by atoms with Crippen LogP contribution in [0.1, 0.15) is 16.8 Å². The Bertz CT molecular complexity index is 628. The fourth-order valence-electron chi connectivity index (χ4n) is 2.39. The van der Waals surface area contributed by atoms with E-state index in [0.717, 1.165) is 4.90 Å². The normalized spacial score (nSPS) is 21.4. The second kappa shape index (κ2) is 4.31. The Morgan fingerprint density at radius 3 is 2.63 bits per heavy atom. The first-order valence-corrected chi connectivity index (χ1v) is 6.04. The van der Waals surface area contributed by atoms with E-state index >= 15 is 0 Å². The molecule has 0 bridgehead atoms. The molecule has 0 saturated carbocycles. The largest absolute Gasteiger partial charge is 0.301 e. The van der Waals surface area contributed by atoms with E-state index in [4.69, 9.17) is 0 Å². The van der Waals surface area contributed by atoms with Gasteiger partial charge in [0.25, 0.3) is 5.91 Å². The van der Waals surface area contributed by atoms with E-state index in [1.165, 1.54) is 0 Å². The topological polar surface area (TPSA) is 54.5 Å². The predicted octanol–water partition coefficient (Wildman–Crippen LogP) is 1.70. The van der Waals surface area contributed by atoms with E-state index in [0.29, 0.717) is 17.7 Å². The molecule has 1 unspecified atom stereocenters. The second-order valence-electron chi connectivity index (χ2n) is 4.48. The molecule has 3 rings (SSSR count). The first-order chi connectivity index (χ1) is 9.20. The highest BCUT2D eigenvalue weighted by atomic mass is 16.2. The van der Waals surface area contributed by atoms with E-state index < -0.39 is 23.5 Å². The number of rotatable bonds is 1. The molecule has 0 radical (unpaired) electrons. The molecule has 0 N–H and O–H groups in total. The van der Waals surface area contributed by atoms with Crippen molar-refractivity contribution < 1.29 is 14.4 Å². The minimum absolute atomic E-state index is 0.403. The Balaban J connectivity index is 2.02. The Morgan fingerprint density at radius 1 is 1.16 bits per heavy atom. The van der Waals surface area contributed by atoms with Gasteiger partial charge in [-0.2, -0.15) is 0 Å². The third-order valence-electron chi connectivity index (χ3n) is 3.34. The molecule has 2 aliphatic rings. The summed E-state index contributed by atoms with van der Waals surface area (Å²) in [6, 6.07) is 8.50. The monoisotopic (exact) mass is 253 g/mol. The smallest absolute Gasteiger partial charge is 0.288 e. The van der Waals surface area contributed by atoms with Crippen LogP contribution in [0.2, 0.25) is 0 Å². The third-order valence-corrected chi connectivity index (χ3v) is 3.34. The molecule has 4 heteroatoms. The van der Waals surface area contributed by atoms with Gasteiger partial charge in [0.15, 0.2) is 0 Å². The van der Waals surface area contributed by atoms with Gasteiger partial charge < -0.3 is 0 Å². The van der Waals surface area contributed by atoms with Gasteiger partial charge in [-0.15, -0.1) is 0 Å². The zero-order valence-electron chi connectivity index (χ0n) is 10.1. The highest BCUT2D eigenvalue weighted by molar-refractivity contribution is 6.44. The van der Waals surface area contributed by atoms with Gasteiger partial charge in [-0.1, -0.05) is 30.4 Å². The number of carbonyl (C=O) groups excluding carboxylic acids is 3. The molecular weight excluding hydrogens is 242 g/mol. The van der Waals surface area contributed by atoms with Crippen LogP contribution in [-0.2, 0) is 9.59 Å². The van der Waals surface area contributed by atoms with Crippen molar-refractivity contribution in [2.75, 3.05) is 0 Å². The van der Waals surface area contributed by atoms with Gasteiger partial charge in [0.2, 0.25) is 5.78 Å². The van der Waals surface area contributed by atoms with Crippen LogP contribution in [0.25, 0.3) is 0 Å². The van der Waals surface area contributed by atoms with Crippen molar-refractivity contribution in [1.29, 1.82) is 0 Å². The standard InChI is InChI=1S/C15H11NO3/c17-13-11-8-4-5-9-12(11)16(15(13)19)14(18)10-6-2-1-3-7-10/h1-7,9,11H,8H2. The number of benzene rings is 1. The lowest BCUT2D eigenvalue weighted by molar-refractivity contribution is -0.139. The molecule has 1 fully saturated rings. The van der Waals surface area contributed by atoms with Crippen molar-refractivity contribution in [3.05, 3.63) is 59.8 Å². The molecule has 1 saturated heterocycles. The number of imide groups is 1. The minimum atomic E-state index is -0.728. The van der Waals surface area contributed by atoms with E-state index in [-0.39, 0.29) is 0 Å². The van der Waals surface area contributed by atoms with Gasteiger partial charge in [-0.3, -0.25) is 14.4 Å². The van der Waals surface area contributed by atoms with E-state index in [1.54, 1.807) is 42.5 Å². The average molecular weight is 253 g/mol. The van der Waals surface area contributed by atoms with Gasteiger partial charge in [0.1, 0.15) is 0 Å². The zero-order valence-corrected chi connectivity index (χ0v) is 10.1. The Labute approximate surface area is 110 Å². The summed E-state index contributed by atoms with van der Waals surface area (Å²) in [5, 5.41) is 0. The summed E-state index contributed by atoms with van der Waals surface area (Å²) in [6.07, 6.45) is 5.74. The number of hydrogen-bond donors (Lipinski definition) is 0. The summed E-state index contributed by atoms with van der Waals surface area (Å²) >= 11 is 0. The van der Waals surface area contributed by atoms with Crippen molar-refractivity contribution in [1.82, 2.24) is 4.90 Å². The number of ketones is 1. The number of allylic oxidation sites excluding steroid dienone is 4. The Morgan fingerprint density at radius 2 is 1.89 bits per heavy atom. The van der Waals surface area contributed by atoms with Crippen molar-refractivity contribution >= 4 is 17.6 Å². The lowest BCUT2D eigenvalue weighted by Gasteiger charge is -2.18. The second-order valence-corrected chi connectivity index (χ2v) is 4.48. The van der Waals surface area contributed by atoms with Crippen LogP contribution in [-0.4, -0.2) is 22.5 Å².